The van der Waals surface area contributed by atoms with E-state index in [1.54, 1.807) is 7.05 Å². The van der Waals surface area contributed by atoms with Gasteiger partial charge in [0.1, 0.15) is 5.56 Å². The van der Waals surface area contributed by atoms with Crippen molar-refractivity contribution in [3.8, 4) is 6.01 Å². The molecule has 1 fully saturated rings. The van der Waals surface area contributed by atoms with Crippen molar-refractivity contribution in [2.45, 2.75) is 70.4 Å². The summed E-state index contributed by atoms with van der Waals surface area (Å²) in [5, 5.41) is 0. The van der Waals surface area contributed by atoms with Crippen LogP contribution in [0.5, 0.6) is 6.01 Å². The van der Waals surface area contributed by atoms with Crippen LogP contribution in [0, 0.1) is 0 Å². The molecule has 164 valence electrons. The third-order valence-corrected chi connectivity index (χ3v) is 5.71. The molecule has 30 heavy (non-hydrogen) atoms. The number of benzene rings is 1. The Labute approximate surface area is 176 Å². The van der Waals surface area contributed by atoms with Crippen LogP contribution in [-0.2, 0) is 6.18 Å². The quantitative estimate of drug-likeness (QED) is 0.436. The maximum atomic E-state index is 13.6. The fraction of sp³-hybridized carbons (Fsp3) is 0.565. The van der Waals surface area contributed by atoms with Gasteiger partial charge in [-0.3, -0.25) is 0 Å². The largest absolute Gasteiger partial charge is 0.463 e. The van der Waals surface area contributed by atoms with Crippen molar-refractivity contribution in [1.29, 1.82) is 0 Å². The molecule has 4 nitrogen and oxygen atoms in total. The van der Waals surface area contributed by atoms with Gasteiger partial charge in [0, 0.05) is 18.9 Å². The number of ether oxygens (including phenoxy) is 1. The highest BCUT2D eigenvalue weighted by atomic mass is 19.4. The fourth-order valence-corrected chi connectivity index (χ4v) is 3.93. The first-order chi connectivity index (χ1) is 14.4. The number of alkyl halides is 3. The molecule has 0 spiro atoms. The first-order valence-corrected chi connectivity index (χ1v) is 10.8. The third kappa shape index (κ3) is 5.64. The van der Waals surface area contributed by atoms with Gasteiger partial charge in [0.2, 0.25) is 0 Å². The number of unbranched alkanes of at least 4 members (excludes halogenated alkanes) is 2. The molecule has 0 aliphatic heterocycles. The zero-order chi connectivity index (χ0) is 21.6. The first kappa shape index (κ1) is 22.4. The SMILES string of the molecule is CCCCCOc1ncc(C(F)(F)F)c(N(C)c2ccc(C3CCCCC3)cc2)n1. The second kappa shape index (κ2) is 10.1. The van der Waals surface area contributed by atoms with E-state index < -0.39 is 11.7 Å². The molecule has 0 bridgehead atoms. The van der Waals surface area contributed by atoms with Gasteiger partial charge < -0.3 is 9.64 Å². The van der Waals surface area contributed by atoms with Gasteiger partial charge in [-0.2, -0.15) is 18.2 Å². The molecule has 0 N–H and O–H groups in total. The highest BCUT2D eigenvalue weighted by Crippen LogP contribution is 2.38. The Kier molecular flexibility index (Phi) is 7.56. The standard InChI is InChI=1S/C23H30F3N3O/c1-3-4-8-15-30-22-27-16-20(23(24,25)26)21(28-22)29(2)19-13-11-18(12-14-19)17-9-6-5-7-10-17/h11-14,16-17H,3-10,15H2,1-2H3. The lowest BCUT2D eigenvalue weighted by atomic mass is 9.84. The third-order valence-electron chi connectivity index (χ3n) is 5.71. The van der Waals surface area contributed by atoms with Crippen molar-refractivity contribution in [1.82, 2.24) is 9.97 Å². The average Bonchev–Trinajstić information content (AvgIpc) is 2.76. The molecule has 0 atom stereocenters. The van der Waals surface area contributed by atoms with Crippen LogP contribution in [0.2, 0.25) is 0 Å². The Balaban J connectivity index is 1.82. The normalized spacial score (nSPS) is 15.2. The number of halogens is 3. The maximum absolute atomic E-state index is 13.6. The van der Waals surface area contributed by atoms with E-state index >= 15 is 0 Å². The van der Waals surface area contributed by atoms with Gasteiger partial charge >= 0.3 is 12.2 Å². The van der Waals surface area contributed by atoms with Gasteiger partial charge in [0.25, 0.3) is 0 Å². The summed E-state index contributed by atoms with van der Waals surface area (Å²) in [6.45, 7) is 2.46. The molecule has 0 unspecified atom stereocenters. The first-order valence-electron chi connectivity index (χ1n) is 10.8. The van der Waals surface area contributed by atoms with Crippen LogP contribution >= 0.6 is 0 Å². The van der Waals surface area contributed by atoms with Crippen LogP contribution in [0.25, 0.3) is 0 Å². The number of rotatable bonds is 8. The predicted molar refractivity (Wildman–Crippen MR) is 112 cm³/mol. The van der Waals surface area contributed by atoms with Crippen molar-refractivity contribution in [3.05, 3.63) is 41.6 Å². The van der Waals surface area contributed by atoms with E-state index in [4.69, 9.17) is 4.74 Å². The van der Waals surface area contributed by atoms with Crippen molar-refractivity contribution in [2.24, 2.45) is 0 Å². The average molecular weight is 422 g/mol. The van der Waals surface area contributed by atoms with E-state index in [2.05, 4.69) is 16.9 Å². The van der Waals surface area contributed by atoms with Crippen LogP contribution in [0.3, 0.4) is 0 Å². The van der Waals surface area contributed by atoms with Crippen LogP contribution in [0.1, 0.15) is 75.3 Å². The predicted octanol–water partition coefficient (Wildman–Crippen LogP) is 6.88. The lowest BCUT2D eigenvalue weighted by molar-refractivity contribution is -0.137. The van der Waals surface area contributed by atoms with Crippen LogP contribution < -0.4 is 9.64 Å². The van der Waals surface area contributed by atoms with Gasteiger partial charge in [-0.1, -0.05) is 51.2 Å². The highest BCUT2D eigenvalue weighted by Gasteiger charge is 2.36. The van der Waals surface area contributed by atoms with E-state index in [9.17, 15) is 13.2 Å². The molecule has 1 aliphatic carbocycles. The second-order valence-corrected chi connectivity index (χ2v) is 7.93. The smallest absolute Gasteiger partial charge is 0.421 e. The van der Waals surface area contributed by atoms with Gasteiger partial charge in [0.05, 0.1) is 6.61 Å². The number of hydrogen-bond acceptors (Lipinski definition) is 4. The van der Waals surface area contributed by atoms with E-state index in [0.717, 1.165) is 25.5 Å². The molecular weight excluding hydrogens is 391 g/mol. The summed E-state index contributed by atoms with van der Waals surface area (Å²) in [6, 6.07) is 7.76. The van der Waals surface area contributed by atoms with Gasteiger partial charge in [-0.15, -0.1) is 0 Å². The zero-order valence-electron chi connectivity index (χ0n) is 17.7. The lowest BCUT2D eigenvalue weighted by Gasteiger charge is -2.25. The van der Waals surface area contributed by atoms with E-state index in [0.29, 0.717) is 18.2 Å². The van der Waals surface area contributed by atoms with Crippen LogP contribution in [0.15, 0.2) is 30.5 Å². The molecule has 7 heteroatoms. The summed E-state index contributed by atoms with van der Waals surface area (Å²) >= 11 is 0. The van der Waals surface area contributed by atoms with Crippen molar-refractivity contribution in [2.75, 3.05) is 18.6 Å². The fourth-order valence-electron chi connectivity index (χ4n) is 3.93. The molecule has 1 aromatic heterocycles. The van der Waals surface area contributed by atoms with Gasteiger partial charge in [0.15, 0.2) is 5.82 Å². The van der Waals surface area contributed by atoms with Crippen molar-refractivity contribution in [3.63, 3.8) is 0 Å². The Morgan fingerprint density at radius 1 is 1.07 bits per heavy atom. The van der Waals surface area contributed by atoms with Crippen molar-refractivity contribution < 1.29 is 17.9 Å². The molecule has 0 saturated heterocycles. The van der Waals surface area contributed by atoms with Crippen LogP contribution in [0.4, 0.5) is 24.7 Å². The molecule has 2 aromatic rings. The summed E-state index contributed by atoms with van der Waals surface area (Å²) < 4.78 is 46.2. The summed E-state index contributed by atoms with van der Waals surface area (Å²) in [5.41, 5.74) is 1.03. The topological polar surface area (TPSA) is 38.2 Å². The minimum Gasteiger partial charge on any atom is -0.463 e. The Morgan fingerprint density at radius 3 is 2.40 bits per heavy atom. The zero-order valence-corrected chi connectivity index (χ0v) is 17.7. The summed E-state index contributed by atoms with van der Waals surface area (Å²) in [5.74, 6) is 0.347. The number of nitrogens with zero attached hydrogens (tertiary/aromatic N) is 3. The lowest BCUT2D eigenvalue weighted by Crippen LogP contribution is -2.19. The number of aromatic nitrogens is 2. The Hall–Kier alpha value is -2.31. The maximum Gasteiger partial charge on any atom is 0.421 e. The molecule has 1 saturated carbocycles. The molecule has 1 aliphatic rings. The monoisotopic (exact) mass is 421 g/mol. The van der Waals surface area contributed by atoms with Crippen molar-refractivity contribution >= 4 is 11.5 Å². The molecule has 3 rings (SSSR count). The second-order valence-electron chi connectivity index (χ2n) is 7.93. The Morgan fingerprint density at radius 2 is 1.77 bits per heavy atom. The Bertz CT molecular complexity index is 802. The summed E-state index contributed by atoms with van der Waals surface area (Å²) in [7, 11) is 1.59. The minimum absolute atomic E-state index is 0.0280. The van der Waals surface area contributed by atoms with Gasteiger partial charge in [-0.25, -0.2) is 4.98 Å². The molecule has 0 radical (unpaired) electrons. The van der Waals surface area contributed by atoms with E-state index in [-0.39, 0.29) is 11.8 Å². The van der Waals surface area contributed by atoms with Crippen LogP contribution in [-0.4, -0.2) is 23.6 Å². The molecule has 0 amide bonds. The number of anilines is 2. The number of hydrogen-bond donors (Lipinski definition) is 0. The van der Waals surface area contributed by atoms with E-state index in [1.807, 2.05) is 24.3 Å². The van der Waals surface area contributed by atoms with E-state index in [1.165, 1.54) is 42.6 Å². The highest BCUT2D eigenvalue weighted by molar-refractivity contribution is 5.63. The molecule has 1 aromatic carbocycles. The summed E-state index contributed by atoms with van der Waals surface area (Å²) in [4.78, 5) is 9.33. The molecular formula is C23H30F3N3O. The minimum atomic E-state index is -4.55. The van der Waals surface area contributed by atoms with Gasteiger partial charge in [-0.05, 0) is 42.9 Å². The molecule has 1 heterocycles. The summed E-state index contributed by atoms with van der Waals surface area (Å²) in [6.07, 6.45) is 5.21.